The molecule has 17 heavy (non-hydrogen) atoms. The average Bonchev–Trinajstić information content (AvgIpc) is 2.30. The maximum absolute atomic E-state index is 6.39. The fraction of sp³-hybridized carbons (Fsp3) is 0.615. The Morgan fingerprint density at radius 3 is 2.53 bits per heavy atom. The molecule has 0 amide bonds. The van der Waals surface area contributed by atoms with Gasteiger partial charge in [-0.2, -0.15) is 0 Å². The Bertz CT molecular complexity index is 389. The van der Waals surface area contributed by atoms with Crippen LogP contribution in [0.25, 0.3) is 0 Å². The largest absolute Gasteiger partial charge is 0.383 e. The summed E-state index contributed by atoms with van der Waals surface area (Å²) in [5, 5.41) is 0. The van der Waals surface area contributed by atoms with Crippen molar-refractivity contribution in [1.82, 2.24) is 9.88 Å². The van der Waals surface area contributed by atoms with Crippen LogP contribution in [0.1, 0.15) is 37.4 Å². The summed E-state index contributed by atoms with van der Waals surface area (Å²) in [6.07, 6.45) is 2.72. The summed E-state index contributed by atoms with van der Waals surface area (Å²) in [6.45, 7) is 6.29. The third kappa shape index (κ3) is 2.58. The molecule has 0 aromatic carbocycles. The molecule has 0 aliphatic rings. The minimum atomic E-state index is -0.144. The number of nitrogen functional groups attached to an aromatic ring is 1. The van der Waals surface area contributed by atoms with Crippen molar-refractivity contribution >= 4 is 5.82 Å². The molecule has 4 nitrogen and oxygen atoms in total. The third-order valence-corrected chi connectivity index (χ3v) is 3.83. The number of nitrogens with zero attached hydrogens (tertiary/aromatic N) is 2. The fourth-order valence-corrected chi connectivity index (χ4v) is 2.00. The van der Waals surface area contributed by atoms with Crippen LogP contribution >= 0.6 is 0 Å². The number of pyridine rings is 1. The molecule has 0 aliphatic heterocycles. The van der Waals surface area contributed by atoms with Gasteiger partial charge in [0.15, 0.2) is 0 Å². The van der Waals surface area contributed by atoms with Crippen LogP contribution in [0.4, 0.5) is 5.82 Å². The smallest absolute Gasteiger partial charge is 0.128 e. The molecule has 1 heterocycles. The zero-order chi connectivity index (χ0) is 13.2. The number of hydrogen-bond acceptors (Lipinski definition) is 4. The van der Waals surface area contributed by atoms with Crippen molar-refractivity contribution in [1.29, 1.82) is 0 Å². The Hall–Kier alpha value is -1.13. The number of aromatic nitrogens is 1. The van der Waals surface area contributed by atoms with E-state index in [9.17, 15) is 0 Å². The highest BCUT2D eigenvalue weighted by Crippen LogP contribution is 2.32. The molecule has 1 aromatic rings. The van der Waals surface area contributed by atoms with E-state index in [2.05, 4.69) is 23.7 Å². The molecule has 1 aromatic heterocycles. The molecule has 0 aliphatic carbocycles. The van der Waals surface area contributed by atoms with Crippen LogP contribution in [0.3, 0.4) is 0 Å². The zero-order valence-electron chi connectivity index (χ0n) is 11.5. The summed E-state index contributed by atoms with van der Waals surface area (Å²) in [6, 6.07) is 1.89. The molecule has 2 unspecified atom stereocenters. The van der Waals surface area contributed by atoms with Crippen molar-refractivity contribution in [3.63, 3.8) is 0 Å². The number of aryl methyl sites for hydroxylation is 1. The molecule has 0 spiro atoms. The van der Waals surface area contributed by atoms with Crippen LogP contribution in [0, 0.1) is 6.92 Å². The summed E-state index contributed by atoms with van der Waals surface area (Å²) in [5.74, 6) is 0.532. The van der Waals surface area contributed by atoms with Gasteiger partial charge in [0.2, 0.25) is 0 Å². The lowest BCUT2D eigenvalue weighted by molar-refractivity contribution is 0.132. The minimum absolute atomic E-state index is 0.121. The third-order valence-electron chi connectivity index (χ3n) is 3.83. The second kappa shape index (κ2) is 5.02. The van der Waals surface area contributed by atoms with E-state index in [1.54, 1.807) is 6.20 Å². The maximum Gasteiger partial charge on any atom is 0.128 e. The van der Waals surface area contributed by atoms with Gasteiger partial charge in [0.25, 0.3) is 0 Å². The maximum atomic E-state index is 6.39. The van der Waals surface area contributed by atoms with Crippen LogP contribution in [0.15, 0.2) is 12.3 Å². The minimum Gasteiger partial charge on any atom is -0.383 e. The van der Waals surface area contributed by atoms with Crippen LogP contribution in [0.5, 0.6) is 0 Å². The van der Waals surface area contributed by atoms with Gasteiger partial charge in [-0.25, -0.2) is 4.98 Å². The number of anilines is 1. The fourth-order valence-electron chi connectivity index (χ4n) is 2.00. The van der Waals surface area contributed by atoms with Gasteiger partial charge in [0, 0.05) is 17.3 Å². The molecule has 2 atom stereocenters. The van der Waals surface area contributed by atoms with Crippen molar-refractivity contribution < 1.29 is 0 Å². The van der Waals surface area contributed by atoms with E-state index in [1.165, 1.54) is 0 Å². The molecular weight excluding hydrogens is 212 g/mol. The first kappa shape index (κ1) is 13.9. The molecule has 4 N–H and O–H groups in total. The Morgan fingerprint density at radius 1 is 1.47 bits per heavy atom. The van der Waals surface area contributed by atoms with E-state index in [-0.39, 0.29) is 11.6 Å². The zero-order valence-corrected chi connectivity index (χ0v) is 11.5. The molecule has 0 radical (unpaired) electrons. The molecular formula is C13H24N4. The van der Waals surface area contributed by atoms with Gasteiger partial charge in [-0.1, -0.05) is 6.92 Å². The van der Waals surface area contributed by atoms with E-state index in [0.717, 1.165) is 17.5 Å². The van der Waals surface area contributed by atoms with Gasteiger partial charge in [0.1, 0.15) is 5.82 Å². The molecule has 4 heteroatoms. The summed E-state index contributed by atoms with van der Waals surface area (Å²) in [5.41, 5.74) is 14.2. The highest BCUT2D eigenvalue weighted by molar-refractivity contribution is 5.44. The van der Waals surface area contributed by atoms with Gasteiger partial charge < -0.3 is 16.4 Å². The predicted octanol–water partition coefficient (Wildman–Crippen LogP) is 1.70. The Labute approximate surface area is 104 Å². The first-order valence-corrected chi connectivity index (χ1v) is 5.98. The van der Waals surface area contributed by atoms with Crippen molar-refractivity contribution in [3.05, 3.63) is 23.4 Å². The van der Waals surface area contributed by atoms with Gasteiger partial charge in [-0.05, 0) is 46.0 Å². The van der Waals surface area contributed by atoms with E-state index >= 15 is 0 Å². The summed E-state index contributed by atoms with van der Waals surface area (Å²) < 4.78 is 0. The SMILES string of the molecule is CCC(C)(C(N)c1cc(C)cnc1N)N(C)C. The van der Waals surface area contributed by atoms with E-state index < -0.39 is 0 Å². The Balaban J connectivity index is 3.18. The van der Waals surface area contributed by atoms with Gasteiger partial charge in [-0.15, -0.1) is 0 Å². The van der Waals surface area contributed by atoms with Gasteiger partial charge in [-0.3, -0.25) is 0 Å². The molecule has 0 saturated carbocycles. The van der Waals surface area contributed by atoms with Crippen molar-refractivity contribution in [2.75, 3.05) is 19.8 Å². The van der Waals surface area contributed by atoms with Crippen molar-refractivity contribution in [2.45, 2.75) is 38.8 Å². The first-order chi connectivity index (χ1) is 7.82. The summed E-state index contributed by atoms with van der Waals surface area (Å²) in [7, 11) is 4.09. The quantitative estimate of drug-likeness (QED) is 0.835. The second-order valence-electron chi connectivity index (χ2n) is 5.07. The average molecular weight is 236 g/mol. The highest BCUT2D eigenvalue weighted by Gasteiger charge is 2.34. The lowest BCUT2D eigenvalue weighted by Gasteiger charge is -2.41. The van der Waals surface area contributed by atoms with E-state index in [1.807, 2.05) is 27.1 Å². The monoisotopic (exact) mass is 236 g/mol. The lowest BCUT2D eigenvalue weighted by atomic mass is 9.84. The van der Waals surface area contributed by atoms with Crippen molar-refractivity contribution in [2.24, 2.45) is 5.73 Å². The molecule has 0 bridgehead atoms. The van der Waals surface area contributed by atoms with Crippen LogP contribution < -0.4 is 11.5 Å². The number of rotatable bonds is 4. The Morgan fingerprint density at radius 2 is 2.06 bits per heavy atom. The van der Waals surface area contributed by atoms with Crippen LogP contribution in [-0.4, -0.2) is 29.5 Å². The molecule has 96 valence electrons. The van der Waals surface area contributed by atoms with E-state index in [4.69, 9.17) is 11.5 Å². The summed E-state index contributed by atoms with van der Waals surface area (Å²) in [4.78, 5) is 6.34. The number of likely N-dealkylation sites (N-methyl/N-ethyl adjacent to an activating group) is 1. The number of hydrogen-bond donors (Lipinski definition) is 2. The standard InChI is InChI=1S/C13H24N4/c1-6-13(3,17(4)5)11(14)10-7-9(2)8-16-12(10)15/h7-8,11H,6,14H2,1-5H3,(H2,15,16). The second-order valence-corrected chi connectivity index (χ2v) is 5.07. The van der Waals surface area contributed by atoms with Crippen LogP contribution in [0.2, 0.25) is 0 Å². The highest BCUT2D eigenvalue weighted by atomic mass is 15.2. The molecule has 0 fully saturated rings. The Kier molecular flexibility index (Phi) is 4.11. The normalized spacial score (nSPS) is 16.9. The lowest BCUT2D eigenvalue weighted by Crippen LogP contribution is -2.49. The summed E-state index contributed by atoms with van der Waals surface area (Å²) >= 11 is 0. The van der Waals surface area contributed by atoms with Gasteiger partial charge >= 0.3 is 0 Å². The van der Waals surface area contributed by atoms with E-state index in [0.29, 0.717) is 5.82 Å². The van der Waals surface area contributed by atoms with Crippen molar-refractivity contribution in [3.8, 4) is 0 Å². The number of nitrogens with two attached hydrogens (primary N) is 2. The first-order valence-electron chi connectivity index (χ1n) is 5.98. The molecule has 1 rings (SSSR count). The molecule has 0 saturated heterocycles. The topological polar surface area (TPSA) is 68.2 Å². The van der Waals surface area contributed by atoms with Gasteiger partial charge in [0.05, 0.1) is 6.04 Å². The predicted molar refractivity (Wildman–Crippen MR) is 72.7 cm³/mol. The van der Waals surface area contributed by atoms with Crippen LogP contribution in [-0.2, 0) is 0 Å².